The fourth-order valence-electron chi connectivity index (χ4n) is 2.88. The number of carbonyl (C=O) groups is 1. The molecule has 0 saturated heterocycles. The van der Waals surface area contributed by atoms with Gasteiger partial charge in [-0.15, -0.1) is 0 Å². The van der Waals surface area contributed by atoms with Crippen LogP contribution in [0.5, 0.6) is 0 Å². The molecule has 7 heteroatoms. The van der Waals surface area contributed by atoms with Crippen LogP contribution in [0.2, 0.25) is 0 Å². The summed E-state index contributed by atoms with van der Waals surface area (Å²) in [4.78, 5) is 20.7. The third kappa shape index (κ3) is 5.10. The van der Waals surface area contributed by atoms with Crippen LogP contribution in [0.4, 0.5) is 14.9 Å². The van der Waals surface area contributed by atoms with Crippen molar-refractivity contribution in [1.82, 2.24) is 14.4 Å². The van der Waals surface area contributed by atoms with Crippen LogP contribution >= 0.6 is 0 Å². The molecule has 1 saturated carbocycles. The minimum absolute atomic E-state index is 0.294. The second-order valence-corrected chi connectivity index (χ2v) is 7.82. The van der Waals surface area contributed by atoms with Crippen molar-refractivity contribution in [3.05, 3.63) is 48.2 Å². The first-order chi connectivity index (χ1) is 13.8. The molecule has 0 aliphatic heterocycles. The molecule has 0 spiro atoms. The molecule has 6 nitrogen and oxygen atoms in total. The van der Waals surface area contributed by atoms with Gasteiger partial charge >= 0.3 is 6.09 Å². The molecule has 29 heavy (non-hydrogen) atoms. The van der Waals surface area contributed by atoms with Gasteiger partial charge in [0.2, 0.25) is 5.78 Å². The van der Waals surface area contributed by atoms with Crippen LogP contribution in [0.3, 0.4) is 0 Å². The Morgan fingerprint density at radius 1 is 1.24 bits per heavy atom. The Morgan fingerprint density at radius 2 is 1.97 bits per heavy atom. The summed E-state index contributed by atoms with van der Waals surface area (Å²) in [6.07, 6.45) is 7.36. The third-order valence-electron chi connectivity index (χ3n) is 4.27. The lowest BCUT2D eigenvalue weighted by Gasteiger charge is -2.19. The number of nitrogens with zero attached hydrogens (tertiary/aromatic N) is 3. The quantitative estimate of drug-likeness (QED) is 0.607. The molecular weight excluding hydrogens is 371 g/mol. The molecule has 1 N–H and O–H groups in total. The van der Waals surface area contributed by atoms with Crippen molar-refractivity contribution in [2.45, 2.75) is 59.0 Å². The molecule has 154 valence electrons. The lowest BCUT2D eigenvalue weighted by Crippen LogP contribution is -2.27. The second-order valence-electron chi connectivity index (χ2n) is 7.82. The van der Waals surface area contributed by atoms with Gasteiger partial charge in [0.05, 0.1) is 5.69 Å². The predicted molar refractivity (Wildman–Crippen MR) is 112 cm³/mol. The summed E-state index contributed by atoms with van der Waals surface area (Å²) in [5.74, 6) is 0.667. The number of ether oxygens (including phenoxy) is 1. The first kappa shape index (κ1) is 20.8. The van der Waals surface area contributed by atoms with Gasteiger partial charge in [-0.05, 0) is 63.3 Å². The minimum Gasteiger partial charge on any atom is -0.444 e. The van der Waals surface area contributed by atoms with Crippen molar-refractivity contribution in [2.24, 2.45) is 0 Å². The number of rotatable bonds is 3. The fourth-order valence-corrected chi connectivity index (χ4v) is 2.88. The van der Waals surface area contributed by atoms with Crippen molar-refractivity contribution in [3.8, 4) is 11.3 Å². The summed E-state index contributed by atoms with van der Waals surface area (Å²) in [6, 6.07) is 4.33. The Balaban J connectivity index is 0.00000117. The maximum atomic E-state index is 14.4. The molecule has 1 aromatic carbocycles. The predicted octanol–water partition coefficient (Wildman–Crippen LogP) is 5.79. The van der Waals surface area contributed by atoms with Crippen molar-refractivity contribution in [1.29, 1.82) is 0 Å². The van der Waals surface area contributed by atoms with E-state index in [-0.39, 0.29) is 0 Å². The van der Waals surface area contributed by atoms with E-state index in [9.17, 15) is 9.18 Å². The van der Waals surface area contributed by atoms with Crippen molar-refractivity contribution in [2.75, 3.05) is 5.32 Å². The number of anilines is 1. The number of halogens is 1. The molecule has 3 aromatic rings. The number of carbonyl (C=O) groups excluding carboxylic acids is 1. The lowest BCUT2D eigenvalue weighted by atomic mass is 10.1. The second kappa shape index (κ2) is 8.19. The molecule has 0 atom stereocenters. The highest BCUT2D eigenvalue weighted by Crippen LogP contribution is 2.39. The summed E-state index contributed by atoms with van der Waals surface area (Å²) in [7, 11) is 0. The highest BCUT2D eigenvalue weighted by molar-refractivity contribution is 5.86. The van der Waals surface area contributed by atoms with Gasteiger partial charge in [-0.3, -0.25) is 9.72 Å². The van der Waals surface area contributed by atoms with Gasteiger partial charge in [0.25, 0.3) is 0 Å². The average Bonchev–Trinajstić information content (AvgIpc) is 3.42. The monoisotopic (exact) mass is 398 g/mol. The molecule has 2 heterocycles. The number of imidazole rings is 1. The Kier molecular flexibility index (Phi) is 5.86. The topological polar surface area (TPSA) is 68.5 Å². The normalized spacial score (nSPS) is 13.6. The van der Waals surface area contributed by atoms with E-state index in [0.29, 0.717) is 28.6 Å². The highest BCUT2D eigenvalue weighted by atomic mass is 19.1. The van der Waals surface area contributed by atoms with Crippen LogP contribution in [0.1, 0.15) is 58.9 Å². The van der Waals surface area contributed by atoms with Gasteiger partial charge in [-0.1, -0.05) is 13.8 Å². The van der Waals surface area contributed by atoms with Crippen LogP contribution in [-0.2, 0) is 4.74 Å². The van der Waals surface area contributed by atoms with Crippen LogP contribution in [0.15, 0.2) is 36.8 Å². The molecule has 4 rings (SSSR count). The summed E-state index contributed by atoms with van der Waals surface area (Å²) in [6.45, 7) is 9.34. The molecule has 0 bridgehead atoms. The fraction of sp³-hybridized carbons (Fsp3) is 0.409. The van der Waals surface area contributed by atoms with Crippen LogP contribution in [0.25, 0.3) is 17.0 Å². The van der Waals surface area contributed by atoms with Gasteiger partial charge in [-0.25, -0.2) is 19.2 Å². The zero-order valence-corrected chi connectivity index (χ0v) is 17.5. The summed E-state index contributed by atoms with van der Waals surface area (Å²) < 4.78 is 21.4. The van der Waals surface area contributed by atoms with E-state index in [0.717, 1.165) is 0 Å². The van der Waals surface area contributed by atoms with Crippen molar-refractivity contribution in [3.63, 3.8) is 0 Å². The van der Waals surface area contributed by atoms with Crippen molar-refractivity contribution < 1.29 is 13.9 Å². The zero-order chi connectivity index (χ0) is 21.2. The van der Waals surface area contributed by atoms with E-state index in [1.165, 1.54) is 30.5 Å². The molecule has 1 aliphatic carbocycles. The SMILES string of the molecule is CC.CC(C)(C)OC(=O)Nc1ccc(F)c(-c2cn3cc(C4CC4)cnc3n2)c1. The smallest absolute Gasteiger partial charge is 0.412 e. The van der Waals surface area contributed by atoms with Crippen molar-refractivity contribution >= 4 is 17.6 Å². The average molecular weight is 398 g/mol. The number of hydrogen-bond donors (Lipinski definition) is 1. The molecule has 1 amide bonds. The Labute approximate surface area is 170 Å². The van der Waals surface area contributed by atoms with E-state index in [2.05, 4.69) is 15.3 Å². The number of fused-ring (bicyclic) bond motifs is 1. The Morgan fingerprint density at radius 3 is 2.62 bits per heavy atom. The van der Waals surface area contributed by atoms with E-state index >= 15 is 0 Å². The highest BCUT2D eigenvalue weighted by Gasteiger charge is 2.24. The van der Waals surface area contributed by atoms with Gasteiger partial charge in [-0.2, -0.15) is 0 Å². The standard InChI is InChI=1S/C20H21FN4O2.C2H6/c1-20(2,3)27-19(26)23-14-6-7-16(21)15(8-14)17-11-25-10-13(12-4-5-12)9-22-18(25)24-17;1-2/h6-12H,4-5H2,1-3H3,(H,23,26);1-2H3. The number of benzene rings is 1. The number of aromatic nitrogens is 3. The molecule has 2 aromatic heterocycles. The van der Waals surface area contributed by atoms with Crippen LogP contribution in [0, 0.1) is 5.82 Å². The number of hydrogen-bond acceptors (Lipinski definition) is 4. The molecule has 0 radical (unpaired) electrons. The maximum absolute atomic E-state index is 14.4. The maximum Gasteiger partial charge on any atom is 0.412 e. The Hall–Kier alpha value is -2.96. The largest absolute Gasteiger partial charge is 0.444 e. The zero-order valence-electron chi connectivity index (χ0n) is 17.5. The first-order valence-electron chi connectivity index (χ1n) is 9.93. The van der Waals surface area contributed by atoms with Gasteiger partial charge in [0.15, 0.2) is 0 Å². The molecular formula is C22H27FN4O2. The van der Waals surface area contributed by atoms with E-state index < -0.39 is 17.5 Å². The summed E-state index contributed by atoms with van der Waals surface area (Å²) in [5.41, 5.74) is 1.75. The van der Waals surface area contributed by atoms with E-state index in [4.69, 9.17) is 4.74 Å². The van der Waals surface area contributed by atoms with Gasteiger partial charge in [0, 0.05) is 29.8 Å². The first-order valence-corrected chi connectivity index (χ1v) is 9.93. The number of amides is 1. The third-order valence-corrected chi connectivity index (χ3v) is 4.27. The number of nitrogens with one attached hydrogen (secondary N) is 1. The van der Waals surface area contributed by atoms with Gasteiger partial charge in [0.1, 0.15) is 11.4 Å². The molecule has 0 unspecified atom stereocenters. The Bertz CT molecular complexity index is 1020. The minimum atomic E-state index is -0.612. The van der Waals surface area contributed by atoms with E-state index in [1.807, 2.05) is 30.6 Å². The molecule has 1 aliphatic rings. The van der Waals surface area contributed by atoms with Gasteiger partial charge < -0.3 is 4.74 Å². The lowest BCUT2D eigenvalue weighted by molar-refractivity contribution is 0.0636. The van der Waals surface area contributed by atoms with Crippen LogP contribution < -0.4 is 5.32 Å². The van der Waals surface area contributed by atoms with E-state index in [1.54, 1.807) is 33.0 Å². The van der Waals surface area contributed by atoms with Crippen LogP contribution in [-0.4, -0.2) is 26.1 Å². The molecule has 1 fully saturated rings. The summed E-state index contributed by atoms with van der Waals surface area (Å²) in [5, 5.41) is 2.62. The summed E-state index contributed by atoms with van der Waals surface area (Å²) >= 11 is 0.